The van der Waals surface area contributed by atoms with Crippen molar-refractivity contribution in [3.63, 3.8) is 0 Å². The highest BCUT2D eigenvalue weighted by atomic mass is 32.2. The number of nitrogens with zero attached hydrogens (tertiary/aromatic N) is 2. The summed E-state index contributed by atoms with van der Waals surface area (Å²) in [5.41, 5.74) is 0.631. The van der Waals surface area contributed by atoms with Crippen molar-refractivity contribution in [2.45, 2.75) is 9.79 Å². The Morgan fingerprint density at radius 2 is 1.62 bits per heavy atom. The van der Waals surface area contributed by atoms with Gasteiger partial charge in [-0.1, -0.05) is 6.07 Å². The van der Waals surface area contributed by atoms with Crippen LogP contribution in [0, 0.1) is 0 Å². The average Bonchev–Trinajstić information content (AvgIpc) is 3.03. The number of fused-ring (bicyclic) bond motifs is 1. The first-order valence-electron chi connectivity index (χ1n) is 6.61. The third-order valence-electron chi connectivity index (χ3n) is 3.22. The number of anilines is 1. The molecule has 0 bridgehead atoms. The number of hydrogen-bond donors (Lipinski definition) is 2. The van der Waals surface area contributed by atoms with Crippen LogP contribution in [0.15, 0.2) is 56.9 Å². The van der Waals surface area contributed by atoms with Crippen molar-refractivity contribution in [3.8, 4) is 0 Å². The first-order chi connectivity index (χ1) is 11.3. The molecule has 24 heavy (non-hydrogen) atoms. The summed E-state index contributed by atoms with van der Waals surface area (Å²) in [5, 5.41) is 7.19. The Morgan fingerprint density at radius 3 is 2.29 bits per heavy atom. The number of hydrogen-bond acceptors (Lipinski definition) is 7. The number of benzene rings is 2. The van der Waals surface area contributed by atoms with Gasteiger partial charge in [0.25, 0.3) is 10.0 Å². The summed E-state index contributed by atoms with van der Waals surface area (Å²) in [4.78, 5) is -0.0658. The molecule has 0 saturated heterocycles. The third-order valence-corrected chi connectivity index (χ3v) is 6.07. The summed E-state index contributed by atoms with van der Waals surface area (Å²) in [5.74, 6) is 0. The van der Waals surface area contributed by atoms with E-state index >= 15 is 0 Å². The molecule has 126 valence electrons. The molecular weight excluding hydrogens is 356 g/mol. The van der Waals surface area contributed by atoms with E-state index in [1.54, 1.807) is 6.07 Å². The molecule has 0 radical (unpaired) electrons. The van der Waals surface area contributed by atoms with E-state index < -0.39 is 20.0 Å². The maximum absolute atomic E-state index is 12.5. The van der Waals surface area contributed by atoms with Gasteiger partial charge in [0.1, 0.15) is 10.4 Å². The lowest BCUT2D eigenvalue weighted by molar-refractivity contribution is 0.315. The van der Waals surface area contributed by atoms with Crippen LogP contribution in [0.2, 0.25) is 0 Å². The minimum Gasteiger partial charge on any atom is -0.280 e. The number of sulfonamides is 2. The molecular formula is C13H12N4O5S2. The van der Waals surface area contributed by atoms with Crippen molar-refractivity contribution in [2.24, 2.45) is 0 Å². The van der Waals surface area contributed by atoms with E-state index in [9.17, 15) is 16.8 Å². The first-order valence-corrected chi connectivity index (χ1v) is 9.58. The predicted molar refractivity (Wildman–Crippen MR) is 85.3 cm³/mol. The Morgan fingerprint density at radius 1 is 0.917 bits per heavy atom. The van der Waals surface area contributed by atoms with Crippen LogP contribution in [0.5, 0.6) is 0 Å². The first kappa shape index (κ1) is 16.4. The van der Waals surface area contributed by atoms with Gasteiger partial charge in [-0.15, -0.1) is 0 Å². The Bertz CT molecular complexity index is 1090. The smallest absolute Gasteiger partial charge is 0.264 e. The average molecular weight is 368 g/mol. The third kappa shape index (κ3) is 2.96. The van der Waals surface area contributed by atoms with Crippen LogP contribution in [0.4, 0.5) is 5.69 Å². The maximum Gasteiger partial charge on any atom is 0.264 e. The molecule has 0 atom stereocenters. The molecule has 2 aromatic carbocycles. The summed E-state index contributed by atoms with van der Waals surface area (Å²) in [7, 11) is -6.24. The molecule has 0 amide bonds. The molecule has 0 aliphatic heterocycles. The lowest BCUT2D eigenvalue weighted by atomic mass is 10.3. The molecule has 3 aromatic rings. The van der Waals surface area contributed by atoms with Gasteiger partial charge in [0, 0.05) is 5.69 Å². The lowest BCUT2D eigenvalue weighted by Gasteiger charge is -2.09. The minimum atomic E-state index is -3.94. The van der Waals surface area contributed by atoms with Gasteiger partial charge in [0.2, 0.25) is 10.0 Å². The summed E-state index contributed by atoms with van der Waals surface area (Å²) < 4.78 is 57.4. The second-order valence-corrected chi connectivity index (χ2v) is 8.26. The van der Waals surface area contributed by atoms with Crippen molar-refractivity contribution in [1.82, 2.24) is 15.0 Å². The molecule has 9 nitrogen and oxygen atoms in total. The Hall–Kier alpha value is -2.50. The van der Waals surface area contributed by atoms with Gasteiger partial charge in [-0.2, -0.15) is 0 Å². The van der Waals surface area contributed by atoms with Crippen LogP contribution in [0.1, 0.15) is 0 Å². The van der Waals surface area contributed by atoms with Crippen LogP contribution >= 0.6 is 0 Å². The van der Waals surface area contributed by atoms with Crippen molar-refractivity contribution >= 4 is 36.8 Å². The van der Waals surface area contributed by atoms with Crippen LogP contribution in [-0.4, -0.2) is 34.2 Å². The van der Waals surface area contributed by atoms with Crippen LogP contribution in [0.3, 0.4) is 0 Å². The molecule has 2 N–H and O–H groups in total. The molecule has 0 fully saturated rings. The normalized spacial score (nSPS) is 12.4. The fraction of sp³-hybridized carbons (Fsp3) is 0.0769. The summed E-state index contributed by atoms with van der Waals surface area (Å²) in [6, 6.07) is 9.75. The zero-order chi connectivity index (χ0) is 17.4. The van der Waals surface area contributed by atoms with Gasteiger partial charge in [0.05, 0.1) is 4.90 Å². The molecule has 0 unspecified atom stereocenters. The van der Waals surface area contributed by atoms with E-state index in [-0.39, 0.29) is 21.0 Å². The summed E-state index contributed by atoms with van der Waals surface area (Å²) in [6.45, 7) is 0. The van der Waals surface area contributed by atoms with Gasteiger partial charge in [0.15, 0.2) is 5.52 Å². The van der Waals surface area contributed by atoms with E-state index in [2.05, 4.69) is 24.4 Å². The second kappa shape index (κ2) is 5.85. The Kier molecular flexibility index (Phi) is 3.99. The predicted octanol–water partition coefficient (Wildman–Crippen LogP) is 0.932. The van der Waals surface area contributed by atoms with Gasteiger partial charge in [-0.05, 0) is 53.8 Å². The zero-order valence-electron chi connectivity index (χ0n) is 12.3. The Labute approximate surface area is 137 Å². The molecule has 3 rings (SSSR count). The topological polar surface area (TPSA) is 131 Å². The fourth-order valence-electron chi connectivity index (χ4n) is 2.03. The fourth-order valence-corrected chi connectivity index (χ4v) is 3.97. The van der Waals surface area contributed by atoms with E-state index in [0.29, 0.717) is 5.52 Å². The highest BCUT2D eigenvalue weighted by Crippen LogP contribution is 2.23. The van der Waals surface area contributed by atoms with Gasteiger partial charge >= 0.3 is 0 Å². The highest BCUT2D eigenvalue weighted by molar-refractivity contribution is 7.93. The molecule has 1 heterocycles. The molecule has 0 aliphatic carbocycles. The standard InChI is InChI=1S/C13H12N4O5S2/c1-14-23(18,19)10-7-5-9(6-8-10)17-24(20,21)12-4-2-3-11-13(12)16-22-15-11/h2-8,14,17H,1H3. The quantitative estimate of drug-likeness (QED) is 0.685. The van der Waals surface area contributed by atoms with Gasteiger partial charge < -0.3 is 0 Å². The number of rotatable bonds is 5. The van der Waals surface area contributed by atoms with E-state index in [1.165, 1.54) is 43.4 Å². The number of aromatic nitrogens is 2. The molecule has 1 aromatic heterocycles. The van der Waals surface area contributed by atoms with Crippen LogP contribution in [0.25, 0.3) is 11.0 Å². The number of nitrogens with one attached hydrogen (secondary N) is 2. The van der Waals surface area contributed by atoms with Crippen LogP contribution < -0.4 is 9.44 Å². The molecule has 0 saturated carbocycles. The van der Waals surface area contributed by atoms with E-state index in [0.717, 1.165) is 0 Å². The molecule has 0 aliphatic rings. The SMILES string of the molecule is CNS(=O)(=O)c1ccc(NS(=O)(=O)c2cccc3nonc23)cc1. The second-order valence-electron chi connectivity index (χ2n) is 4.73. The largest absolute Gasteiger partial charge is 0.280 e. The summed E-state index contributed by atoms with van der Waals surface area (Å²) in [6.07, 6.45) is 0. The molecule has 0 spiro atoms. The van der Waals surface area contributed by atoms with Crippen LogP contribution in [-0.2, 0) is 20.0 Å². The van der Waals surface area contributed by atoms with E-state index in [1.807, 2.05) is 0 Å². The van der Waals surface area contributed by atoms with Crippen molar-refractivity contribution in [2.75, 3.05) is 11.8 Å². The van der Waals surface area contributed by atoms with Gasteiger partial charge in [-0.3, -0.25) is 4.72 Å². The summed E-state index contributed by atoms with van der Waals surface area (Å²) >= 11 is 0. The minimum absolute atomic E-state index is 0.0238. The van der Waals surface area contributed by atoms with Crippen molar-refractivity contribution in [1.29, 1.82) is 0 Å². The molecule has 11 heteroatoms. The monoisotopic (exact) mass is 368 g/mol. The highest BCUT2D eigenvalue weighted by Gasteiger charge is 2.20. The lowest BCUT2D eigenvalue weighted by Crippen LogP contribution is -2.18. The zero-order valence-corrected chi connectivity index (χ0v) is 13.9. The Balaban J connectivity index is 1.94. The van der Waals surface area contributed by atoms with Crippen molar-refractivity contribution in [3.05, 3.63) is 42.5 Å². The van der Waals surface area contributed by atoms with Crippen molar-refractivity contribution < 1.29 is 21.5 Å². The maximum atomic E-state index is 12.5. The van der Waals surface area contributed by atoms with E-state index in [4.69, 9.17) is 0 Å². The van der Waals surface area contributed by atoms with Gasteiger partial charge in [-0.25, -0.2) is 26.2 Å².